The summed E-state index contributed by atoms with van der Waals surface area (Å²) >= 11 is 0. The molecule has 0 N–H and O–H groups in total. The molecule has 1 heterocycles. The zero-order chi connectivity index (χ0) is 8.97. The lowest BCUT2D eigenvalue weighted by Gasteiger charge is -2.01. The van der Waals surface area contributed by atoms with Crippen molar-refractivity contribution >= 4 is 6.29 Å². The van der Waals surface area contributed by atoms with Gasteiger partial charge in [-0.05, 0) is 18.6 Å². The highest BCUT2D eigenvalue weighted by molar-refractivity contribution is 5.78. The van der Waals surface area contributed by atoms with Crippen molar-refractivity contribution in [1.82, 2.24) is 4.98 Å². The normalized spacial score (nSPS) is 9.00. The molecule has 3 heteroatoms. The van der Waals surface area contributed by atoms with Crippen LogP contribution in [0.4, 0.5) is 0 Å². The quantitative estimate of drug-likeness (QED) is 0.612. The van der Waals surface area contributed by atoms with E-state index in [4.69, 9.17) is 5.26 Å². The van der Waals surface area contributed by atoms with Gasteiger partial charge >= 0.3 is 0 Å². The molecule has 0 fully saturated rings. The molecule has 3 nitrogen and oxygen atoms in total. The van der Waals surface area contributed by atoms with E-state index < -0.39 is 0 Å². The van der Waals surface area contributed by atoms with Crippen LogP contribution >= 0.6 is 0 Å². The van der Waals surface area contributed by atoms with Crippen molar-refractivity contribution in [2.75, 3.05) is 0 Å². The number of hydrogen-bond acceptors (Lipinski definition) is 3. The Morgan fingerprint density at radius 3 is 3.08 bits per heavy atom. The van der Waals surface area contributed by atoms with Crippen molar-refractivity contribution < 1.29 is 4.79 Å². The monoisotopic (exact) mass is 160 g/mol. The van der Waals surface area contributed by atoms with Crippen molar-refractivity contribution in [2.24, 2.45) is 0 Å². The van der Waals surface area contributed by atoms with Crippen LogP contribution in [0, 0.1) is 18.3 Å². The van der Waals surface area contributed by atoms with Crippen molar-refractivity contribution in [3.8, 4) is 6.07 Å². The molecule has 0 saturated carbocycles. The molecule has 0 amide bonds. The summed E-state index contributed by atoms with van der Waals surface area (Å²) in [6, 6.07) is 3.69. The van der Waals surface area contributed by atoms with E-state index in [0.717, 1.165) is 11.8 Å². The Kier molecular flexibility index (Phi) is 2.54. The van der Waals surface area contributed by atoms with E-state index in [1.54, 1.807) is 19.2 Å². The Balaban J connectivity index is 3.19. The molecule has 1 aromatic rings. The number of carbonyl (C=O) groups excluding carboxylic acids is 1. The van der Waals surface area contributed by atoms with Crippen LogP contribution < -0.4 is 0 Å². The maximum absolute atomic E-state index is 10.6. The fourth-order valence-corrected chi connectivity index (χ4v) is 1.03. The average molecular weight is 160 g/mol. The summed E-state index contributed by atoms with van der Waals surface area (Å²) in [6.07, 6.45) is 2.61. The van der Waals surface area contributed by atoms with Crippen LogP contribution in [0.3, 0.4) is 0 Å². The third-order valence-electron chi connectivity index (χ3n) is 1.67. The lowest BCUT2D eigenvalue weighted by Crippen LogP contribution is -1.97. The second kappa shape index (κ2) is 3.63. The predicted molar refractivity (Wildman–Crippen MR) is 43.7 cm³/mol. The van der Waals surface area contributed by atoms with Gasteiger partial charge in [-0.1, -0.05) is 0 Å². The molecule has 0 unspecified atom stereocenters. The summed E-state index contributed by atoms with van der Waals surface area (Å²) in [7, 11) is 0. The van der Waals surface area contributed by atoms with Gasteiger partial charge in [0.05, 0.1) is 12.5 Å². The highest BCUT2D eigenvalue weighted by Crippen LogP contribution is 2.09. The SMILES string of the molecule is Cc1nccc(CC#N)c1C=O. The first-order chi connectivity index (χ1) is 5.79. The molecular weight excluding hydrogens is 152 g/mol. The summed E-state index contributed by atoms with van der Waals surface area (Å²) < 4.78 is 0. The van der Waals surface area contributed by atoms with Gasteiger partial charge in [-0.3, -0.25) is 9.78 Å². The Morgan fingerprint density at radius 2 is 2.50 bits per heavy atom. The van der Waals surface area contributed by atoms with Gasteiger partial charge in [-0.25, -0.2) is 0 Å². The summed E-state index contributed by atoms with van der Waals surface area (Å²) in [4.78, 5) is 14.5. The Hall–Kier alpha value is -1.69. The summed E-state index contributed by atoms with van der Waals surface area (Å²) in [6.45, 7) is 1.75. The van der Waals surface area contributed by atoms with Crippen LogP contribution in [0.25, 0.3) is 0 Å². The van der Waals surface area contributed by atoms with Crippen LogP contribution in [-0.4, -0.2) is 11.3 Å². The molecule has 60 valence electrons. The largest absolute Gasteiger partial charge is 0.298 e. The van der Waals surface area contributed by atoms with Crippen LogP contribution in [0.1, 0.15) is 21.6 Å². The molecular formula is C9H8N2O. The number of aromatic nitrogens is 1. The molecule has 0 bridgehead atoms. The Morgan fingerprint density at radius 1 is 1.75 bits per heavy atom. The predicted octanol–water partition coefficient (Wildman–Crippen LogP) is 1.27. The van der Waals surface area contributed by atoms with Gasteiger partial charge in [0.15, 0.2) is 6.29 Å². The molecule has 0 aromatic carbocycles. The third-order valence-corrected chi connectivity index (χ3v) is 1.67. The summed E-state index contributed by atoms with van der Waals surface area (Å²) in [5.41, 5.74) is 1.97. The minimum Gasteiger partial charge on any atom is -0.298 e. The Bertz CT molecular complexity index is 339. The first-order valence-corrected chi connectivity index (χ1v) is 3.56. The van der Waals surface area contributed by atoms with Gasteiger partial charge in [0.1, 0.15) is 0 Å². The molecule has 1 rings (SSSR count). The number of nitrogens with zero attached hydrogens (tertiary/aromatic N) is 2. The molecule has 0 aliphatic carbocycles. The van der Waals surface area contributed by atoms with Gasteiger partial charge in [0, 0.05) is 17.5 Å². The number of rotatable bonds is 2. The van der Waals surface area contributed by atoms with Gasteiger partial charge in [-0.2, -0.15) is 5.26 Å². The second-order valence-corrected chi connectivity index (χ2v) is 2.42. The van der Waals surface area contributed by atoms with Crippen molar-refractivity contribution in [1.29, 1.82) is 5.26 Å². The first-order valence-electron chi connectivity index (χ1n) is 3.56. The zero-order valence-electron chi connectivity index (χ0n) is 6.74. The summed E-state index contributed by atoms with van der Waals surface area (Å²) in [5.74, 6) is 0. The molecule has 0 atom stereocenters. The van der Waals surface area contributed by atoms with Gasteiger partial charge in [0.2, 0.25) is 0 Å². The van der Waals surface area contributed by atoms with E-state index in [0.29, 0.717) is 11.3 Å². The fourth-order valence-electron chi connectivity index (χ4n) is 1.03. The van der Waals surface area contributed by atoms with Gasteiger partial charge < -0.3 is 0 Å². The van der Waals surface area contributed by atoms with Crippen LogP contribution in [0.2, 0.25) is 0 Å². The maximum atomic E-state index is 10.6. The maximum Gasteiger partial charge on any atom is 0.152 e. The van der Waals surface area contributed by atoms with Crippen molar-refractivity contribution in [3.05, 3.63) is 29.1 Å². The van der Waals surface area contributed by atoms with E-state index in [-0.39, 0.29) is 6.42 Å². The zero-order valence-corrected chi connectivity index (χ0v) is 6.74. The van der Waals surface area contributed by atoms with E-state index >= 15 is 0 Å². The number of nitriles is 1. The molecule has 0 aliphatic rings. The summed E-state index contributed by atoms with van der Waals surface area (Å²) in [5, 5.41) is 8.44. The number of pyridine rings is 1. The lowest BCUT2D eigenvalue weighted by atomic mass is 10.1. The molecule has 0 aliphatic heterocycles. The van der Waals surface area contributed by atoms with Gasteiger partial charge in [-0.15, -0.1) is 0 Å². The smallest absolute Gasteiger partial charge is 0.152 e. The highest BCUT2D eigenvalue weighted by atomic mass is 16.1. The number of carbonyl (C=O) groups is 1. The highest BCUT2D eigenvalue weighted by Gasteiger charge is 2.03. The van der Waals surface area contributed by atoms with Crippen molar-refractivity contribution in [2.45, 2.75) is 13.3 Å². The minimum absolute atomic E-state index is 0.261. The van der Waals surface area contributed by atoms with E-state index in [1.807, 2.05) is 6.07 Å². The van der Waals surface area contributed by atoms with E-state index in [2.05, 4.69) is 4.98 Å². The van der Waals surface area contributed by atoms with Crippen LogP contribution in [0.15, 0.2) is 12.3 Å². The van der Waals surface area contributed by atoms with E-state index in [1.165, 1.54) is 0 Å². The number of aldehydes is 1. The van der Waals surface area contributed by atoms with Gasteiger partial charge in [0.25, 0.3) is 0 Å². The van der Waals surface area contributed by atoms with Crippen molar-refractivity contribution in [3.63, 3.8) is 0 Å². The molecule has 0 saturated heterocycles. The lowest BCUT2D eigenvalue weighted by molar-refractivity contribution is 0.112. The minimum atomic E-state index is 0.261. The fraction of sp³-hybridized carbons (Fsp3) is 0.222. The third kappa shape index (κ3) is 1.48. The average Bonchev–Trinajstić information content (AvgIpc) is 2.05. The van der Waals surface area contributed by atoms with Crippen LogP contribution in [0.5, 0.6) is 0 Å². The topological polar surface area (TPSA) is 53.8 Å². The molecule has 12 heavy (non-hydrogen) atoms. The standard InChI is InChI=1S/C9H8N2O/c1-7-9(6-12)8(2-4-10)3-5-11-7/h3,5-6H,2H2,1H3. The Labute approximate surface area is 70.7 Å². The van der Waals surface area contributed by atoms with Crippen LogP contribution in [-0.2, 0) is 6.42 Å². The molecule has 1 aromatic heterocycles. The second-order valence-electron chi connectivity index (χ2n) is 2.42. The first kappa shape index (κ1) is 8.41. The molecule has 0 radical (unpaired) electrons. The molecule has 0 spiro atoms. The number of aryl methyl sites for hydroxylation is 1. The number of hydrogen-bond donors (Lipinski definition) is 0. The van der Waals surface area contributed by atoms with E-state index in [9.17, 15) is 4.79 Å².